The number of Topliss-reactive ketones (excluding diaryl/α,β-unsaturated/α-hetero) is 1. The van der Waals surface area contributed by atoms with Crippen molar-refractivity contribution in [2.45, 2.75) is 20.5 Å². The minimum absolute atomic E-state index is 0.258. The van der Waals surface area contributed by atoms with Gasteiger partial charge in [-0.05, 0) is 54.1 Å². The summed E-state index contributed by atoms with van der Waals surface area (Å²) in [6.07, 6.45) is 0. The molecule has 0 unspecified atom stereocenters. The van der Waals surface area contributed by atoms with E-state index < -0.39 is 5.97 Å². The first-order chi connectivity index (χ1) is 15.0. The Balaban J connectivity index is 1.71. The number of ketones is 1. The average molecular weight is 530 g/mol. The standard InChI is InChI=1S/C25H23IO5/c1-3-29-23-14-20(25(28)31-16-22(27)19-7-5-4-6-8-19)13-21(26)24(23)30-15-18-11-9-17(2)10-12-18/h4-14H,3,15-16H2,1-2H3. The van der Waals surface area contributed by atoms with Crippen LogP contribution in [0.3, 0.4) is 0 Å². The summed E-state index contributed by atoms with van der Waals surface area (Å²) in [4.78, 5) is 24.7. The molecule has 0 saturated carbocycles. The third-order valence-corrected chi connectivity index (χ3v) is 5.28. The van der Waals surface area contributed by atoms with Crippen LogP contribution < -0.4 is 9.47 Å². The van der Waals surface area contributed by atoms with Crippen molar-refractivity contribution in [3.63, 3.8) is 0 Å². The molecule has 5 nitrogen and oxygen atoms in total. The number of hydrogen-bond acceptors (Lipinski definition) is 5. The van der Waals surface area contributed by atoms with Gasteiger partial charge < -0.3 is 14.2 Å². The number of esters is 1. The topological polar surface area (TPSA) is 61.8 Å². The lowest BCUT2D eigenvalue weighted by atomic mass is 10.1. The molecule has 0 aromatic heterocycles. The lowest BCUT2D eigenvalue weighted by molar-refractivity contribution is 0.0474. The lowest BCUT2D eigenvalue weighted by Gasteiger charge is -2.15. The lowest BCUT2D eigenvalue weighted by Crippen LogP contribution is -2.14. The van der Waals surface area contributed by atoms with Gasteiger partial charge in [-0.3, -0.25) is 4.79 Å². The van der Waals surface area contributed by atoms with E-state index in [9.17, 15) is 9.59 Å². The first kappa shape index (κ1) is 22.8. The van der Waals surface area contributed by atoms with Gasteiger partial charge in [-0.2, -0.15) is 0 Å². The van der Waals surface area contributed by atoms with Crippen molar-refractivity contribution in [3.8, 4) is 11.5 Å². The zero-order valence-corrected chi connectivity index (χ0v) is 19.5. The number of aryl methyl sites for hydroxylation is 1. The molecule has 3 aromatic rings. The van der Waals surface area contributed by atoms with E-state index in [4.69, 9.17) is 14.2 Å². The van der Waals surface area contributed by atoms with E-state index >= 15 is 0 Å². The van der Waals surface area contributed by atoms with Crippen molar-refractivity contribution in [1.29, 1.82) is 0 Å². The number of halogens is 1. The van der Waals surface area contributed by atoms with Crippen LogP contribution in [0.1, 0.15) is 38.8 Å². The monoisotopic (exact) mass is 530 g/mol. The molecule has 0 aliphatic carbocycles. The Morgan fingerprint density at radius 3 is 2.29 bits per heavy atom. The zero-order valence-electron chi connectivity index (χ0n) is 17.4. The Hall–Kier alpha value is -2.87. The SMILES string of the molecule is CCOc1cc(C(=O)OCC(=O)c2ccccc2)cc(I)c1OCc1ccc(C)cc1. The van der Waals surface area contributed by atoms with Gasteiger partial charge in [0.25, 0.3) is 0 Å². The third-order valence-electron chi connectivity index (χ3n) is 4.48. The summed E-state index contributed by atoms with van der Waals surface area (Å²) in [5.41, 5.74) is 3.02. The fourth-order valence-corrected chi connectivity index (χ4v) is 3.61. The minimum Gasteiger partial charge on any atom is -0.490 e. The van der Waals surface area contributed by atoms with E-state index in [0.29, 0.717) is 35.8 Å². The number of carbonyl (C=O) groups is 2. The van der Waals surface area contributed by atoms with Crippen LogP contribution in [0.25, 0.3) is 0 Å². The molecule has 31 heavy (non-hydrogen) atoms. The van der Waals surface area contributed by atoms with Crippen LogP contribution in [-0.4, -0.2) is 25.0 Å². The highest BCUT2D eigenvalue weighted by atomic mass is 127. The first-order valence-electron chi connectivity index (χ1n) is 9.88. The largest absolute Gasteiger partial charge is 0.490 e. The molecule has 0 aliphatic rings. The third kappa shape index (κ3) is 6.30. The molecule has 3 rings (SSSR count). The number of ether oxygens (including phenoxy) is 3. The molecular formula is C25H23IO5. The van der Waals surface area contributed by atoms with Gasteiger partial charge in [0.15, 0.2) is 23.9 Å². The van der Waals surface area contributed by atoms with Gasteiger partial charge in [-0.1, -0.05) is 60.2 Å². The van der Waals surface area contributed by atoms with Crippen molar-refractivity contribution < 1.29 is 23.8 Å². The molecular weight excluding hydrogens is 507 g/mol. The molecule has 0 fully saturated rings. The summed E-state index contributed by atoms with van der Waals surface area (Å²) >= 11 is 2.10. The molecule has 160 valence electrons. The average Bonchev–Trinajstić information content (AvgIpc) is 2.78. The fourth-order valence-electron chi connectivity index (χ4n) is 2.85. The maximum absolute atomic E-state index is 12.5. The van der Waals surface area contributed by atoms with Crippen molar-refractivity contribution in [3.05, 3.63) is 92.6 Å². The number of benzene rings is 3. The molecule has 0 spiro atoms. The van der Waals surface area contributed by atoms with Gasteiger partial charge in [0.1, 0.15) is 6.61 Å². The summed E-state index contributed by atoms with van der Waals surface area (Å²) in [6.45, 7) is 4.37. The van der Waals surface area contributed by atoms with Crippen LogP contribution >= 0.6 is 22.6 Å². The van der Waals surface area contributed by atoms with Gasteiger partial charge >= 0.3 is 5.97 Å². The van der Waals surface area contributed by atoms with Gasteiger partial charge in [0.05, 0.1) is 15.7 Å². The van der Waals surface area contributed by atoms with E-state index in [2.05, 4.69) is 22.6 Å². The number of carbonyl (C=O) groups excluding carboxylic acids is 2. The second-order valence-corrected chi connectivity index (χ2v) is 8.02. The van der Waals surface area contributed by atoms with Crippen molar-refractivity contribution in [2.24, 2.45) is 0 Å². The van der Waals surface area contributed by atoms with Gasteiger partial charge in [-0.25, -0.2) is 4.79 Å². The molecule has 6 heteroatoms. The molecule has 0 aliphatic heterocycles. The van der Waals surface area contributed by atoms with Crippen LogP contribution in [0, 0.1) is 10.5 Å². The molecule has 0 saturated heterocycles. The zero-order chi connectivity index (χ0) is 22.2. The highest BCUT2D eigenvalue weighted by Gasteiger charge is 2.18. The van der Waals surface area contributed by atoms with Crippen LogP contribution in [0.4, 0.5) is 0 Å². The first-order valence-corrected chi connectivity index (χ1v) is 11.0. The Bertz CT molecular complexity index is 1050. The van der Waals surface area contributed by atoms with Crippen LogP contribution in [0.15, 0.2) is 66.7 Å². The highest BCUT2D eigenvalue weighted by molar-refractivity contribution is 14.1. The Morgan fingerprint density at radius 2 is 1.61 bits per heavy atom. The van der Waals surface area contributed by atoms with Crippen LogP contribution in [0.2, 0.25) is 0 Å². The molecule has 0 amide bonds. The fraction of sp³-hybridized carbons (Fsp3) is 0.200. The van der Waals surface area contributed by atoms with Crippen LogP contribution in [0.5, 0.6) is 11.5 Å². The predicted molar refractivity (Wildman–Crippen MR) is 127 cm³/mol. The molecule has 0 bridgehead atoms. The Morgan fingerprint density at radius 1 is 0.903 bits per heavy atom. The molecule has 0 heterocycles. The quantitative estimate of drug-likeness (QED) is 0.204. The van der Waals surface area contributed by atoms with E-state index in [1.165, 1.54) is 5.56 Å². The Labute approximate surface area is 195 Å². The summed E-state index contributed by atoms with van der Waals surface area (Å²) in [5.74, 6) is 0.183. The molecule has 0 atom stereocenters. The van der Waals surface area contributed by atoms with Gasteiger partial charge in [0.2, 0.25) is 0 Å². The normalized spacial score (nSPS) is 10.4. The van der Waals surface area contributed by atoms with Gasteiger partial charge in [0, 0.05) is 5.56 Å². The minimum atomic E-state index is -0.590. The molecule has 0 radical (unpaired) electrons. The summed E-state index contributed by atoms with van der Waals surface area (Å²) in [7, 11) is 0. The van der Waals surface area contributed by atoms with Crippen LogP contribution in [-0.2, 0) is 11.3 Å². The van der Waals surface area contributed by atoms with Crippen molar-refractivity contribution in [1.82, 2.24) is 0 Å². The number of rotatable bonds is 9. The van der Waals surface area contributed by atoms with E-state index in [1.54, 1.807) is 36.4 Å². The maximum atomic E-state index is 12.5. The Kier molecular flexibility index (Phi) is 8.06. The summed E-state index contributed by atoms with van der Waals surface area (Å²) in [5, 5.41) is 0. The summed E-state index contributed by atoms with van der Waals surface area (Å²) in [6, 6.07) is 20.1. The summed E-state index contributed by atoms with van der Waals surface area (Å²) < 4.78 is 17.6. The predicted octanol–water partition coefficient (Wildman–Crippen LogP) is 5.62. The van der Waals surface area contributed by atoms with Crippen molar-refractivity contribution in [2.75, 3.05) is 13.2 Å². The van der Waals surface area contributed by atoms with Crippen molar-refractivity contribution >= 4 is 34.3 Å². The van der Waals surface area contributed by atoms with E-state index in [-0.39, 0.29) is 12.4 Å². The smallest absolute Gasteiger partial charge is 0.338 e. The molecule has 0 N–H and O–H groups in total. The number of hydrogen-bond donors (Lipinski definition) is 0. The second kappa shape index (κ2) is 10.9. The maximum Gasteiger partial charge on any atom is 0.338 e. The highest BCUT2D eigenvalue weighted by Crippen LogP contribution is 2.35. The molecule has 3 aromatic carbocycles. The second-order valence-electron chi connectivity index (χ2n) is 6.86. The van der Waals surface area contributed by atoms with Gasteiger partial charge in [-0.15, -0.1) is 0 Å². The van der Waals surface area contributed by atoms with E-state index in [1.807, 2.05) is 44.2 Å². The van der Waals surface area contributed by atoms with E-state index in [0.717, 1.165) is 9.13 Å².